The second kappa shape index (κ2) is 4.51. The number of hydrogen-bond acceptors (Lipinski definition) is 1. The van der Waals surface area contributed by atoms with Gasteiger partial charge in [0.1, 0.15) is 0 Å². The fourth-order valence-electron chi connectivity index (χ4n) is 1.62. The van der Waals surface area contributed by atoms with Crippen LogP contribution in [0.3, 0.4) is 0 Å². The Balaban J connectivity index is 2.36. The van der Waals surface area contributed by atoms with E-state index in [0.29, 0.717) is 6.54 Å². The first-order chi connectivity index (χ1) is 7.31. The van der Waals surface area contributed by atoms with Gasteiger partial charge in [-0.2, -0.15) is 0 Å². The van der Waals surface area contributed by atoms with Gasteiger partial charge in [-0.1, -0.05) is 11.6 Å². The fourth-order valence-corrected chi connectivity index (χ4v) is 1.75. The molecule has 15 heavy (non-hydrogen) atoms. The van der Waals surface area contributed by atoms with Gasteiger partial charge in [0.15, 0.2) is 0 Å². The topological polar surface area (TPSA) is 30.9 Å². The molecule has 1 aromatic heterocycles. The number of nitrogens with two attached hydrogens (primary N) is 1. The van der Waals surface area contributed by atoms with Gasteiger partial charge in [0.05, 0.1) is 0 Å². The van der Waals surface area contributed by atoms with Crippen LogP contribution in [-0.4, -0.2) is 11.1 Å². The van der Waals surface area contributed by atoms with Gasteiger partial charge in [0, 0.05) is 29.0 Å². The molecule has 0 unspecified atom stereocenters. The van der Waals surface area contributed by atoms with Crippen LogP contribution in [0.25, 0.3) is 5.69 Å². The molecule has 2 N–H and O–H groups in total. The predicted octanol–water partition coefficient (Wildman–Crippen LogP) is 2.63. The zero-order valence-corrected chi connectivity index (χ0v) is 9.11. The van der Waals surface area contributed by atoms with Crippen LogP contribution in [0, 0.1) is 0 Å². The van der Waals surface area contributed by atoms with Gasteiger partial charge in [0.25, 0.3) is 0 Å². The number of halogens is 1. The van der Waals surface area contributed by atoms with Crippen molar-refractivity contribution in [1.29, 1.82) is 0 Å². The van der Waals surface area contributed by atoms with Gasteiger partial charge in [-0.05, 0) is 42.9 Å². The maximum Gasteiger partial charge on any atom is 0.0453 e. The Kier molecular flexibility index (Phi) is 3.09. The minimum Gasteiger partial charge on any atom is -0.330 e. The maximum atomic E-state index is 5.84. The second-order valence-electron chi connectivity index (χ2n) is 3.38. The fraction of sp³-hybridized carbons (Fsp3) is 0.167. The minimum atomic E-state index is 0.664. The average molecular weight is 221 g/mol. The molecule has 78 valence electrons. The molecule has 1 heterocycles. The van der Waals surface area contributed by atoms with Crippen LogP contribution in [0.5, 0.6) is 0 Å². The van der Waals surface area contributed by atoms with Crippen molar-refractivity contribution in [2.75, 3.05) is 6.54 Å². The van der Waals surface area contributed by atoms with Crippen LogP contribution in [0.1, 0.15) is 5.69 Å². The molecule has 1 aromatic carbocycles. The summed E-state index contributed by atoms with van der Waals surface area (Å²) in [5.41, 5.74) is 7.90. The van der Waals surface area contributed by atoms with Crippen LogP contribution < -0.4 is 5.73 Å². The average Bonchev–Trinajstić information content (AvgIpc) is 2.68. The van der Waals surface area contributed by atoms with Crippen molar-refractivity contribution in [3.63, 3.8) is 0 Å². The molecule has 0 atom stereocenters. The Morgan fingerprint density at radius 2 is 1.87 bits per heavy atom. The Bertz CT molecular complexity index is 431. The number of hydrogen-bond donors (Lipinski definition) is 1. The van der Waals surface area contributed by atoms with E-state index in [0.717, 1.165) is 17.1 Å². The first kappa shape index (κ1) is 10.3. The highest BCUT2D eigenvalue weighted by Gasteiger charge is 2.01. The summed E-state index contributed by atoms with van der Waals surface area (Å²) in [6, 6.07) is 11.9. The highest BCUT2D eigenvalue weighted by molar-refractivity contribution is 6.30. The lowest BCUT2D eigenvalue weighted by Gasteiger charge is -2.08. The molecular formula is C12H13ClN2. The number of benzene rings is 1. The molecule has 2 rings (SSSR count). The summed E-state index contributed by atoms with van der Waals surface area (Å²) < 4.78 is 2.13. The minimum absolute atomic E-state index is 0.664. The molecule has 0 saturated heterocycles. The summed E-state index contributed by atoms with van der Waals surface area (Å²) in [5, 5.41) is 0.756. The van der Waals surface area contributed by atoms with Crippen molar-refractivity contribution in [2.24, 2.45) is 5.73 Å². The third-order valence-electron chi connectivity index (χ3n) is 2.34. The highest BCUT2D eigenvalue weighted by Crippen LogP contribution is 2.16. The van der Waals surface area contributed by atoms with Gasteiger partial charge in [-0.25, -0.2) is 0 Å². The van der Waals surface area contributed by atoms with E-state index < -0.39 is 0 Å². The molecule has 2 aromatic rings. The predicted molar refractivity (Wildman–Crippen MR) is 63.5 cm³/mol. The monoisotopic (exact) mass is 220 g/mol. The Morgan fingerprint density at radius 3 is 2.53 bits per heavy atom. The van der Waals surface area contributed by atoms with E-state index in [4.69, 9.17) is 17.3 Å². The van der Waals surface area contributed by atoms with Gasteiger partial charge >= 0.3 is 0 Å². The summed E-state index contributed by atoms with van der Waals surface area (Å²) >= 11 is 5.84. The van der Waals surface area contributed by atoms with Crippen molar-refractivity contribution >= 4 is 11.6 Å². The molecule has 0 aliphatic rings. The van der Waals surface area contributed by atoms with Crippen molar-refractivity contribution in [2.45, 2.75) is 6.42 Å². The Hall–Kier alpha value is -1.25. The smallest absolute Gasteiger partial charge is 0.0453 e. The zero-order valence-electron chi connectivity index (χ0n) is 8.36. The molecule has 0 amide bonds. The largest absolute Gasteiger partial charge is 0.330 e. The van der Waals surface area contributed by atoms with Crippen LogP contribution >= 0.6 is 11.6 Å². The van der Waals surface area contributed by atoms with E-state index in [1.165, 1.54) is 5.69 Å². The lowest BCUT2D eigenvalue weighted by atomic mass is 10.2. The molecule has 0 fully saturated rings. The summed E-state index contributed by atoms with van der Waals surface area (Å²) in [6.45, 7) is 0.664. The Morgan fingerprint density at radius 1 is 1.13 bits per heavy atom. The first-order valence-electron chi connectivity index (χ1n) is 4.93. The number of rotatable bonds is 3. The SMILES string of the molecule is NCCc1cccn1-c1ccc(Cl)cc1. The molecule has 0 aliphatic heterocycles. The molecule has 3 heteroatoms. The van der Waals surface area contributed by atoms with E-state index in [1.807, 2.05) is 36.5 Å². The Labute approximate surface area is 94.3 Å². The zero-order chi connectivity index (χ0) is 10.7. The van der Waals surface area contributed by atoms with Gasteiger partial charge in [0.2, 0.25) is 0 Å². The summed E-state index contributed by atoms with van der Waals surface area (Å²) in [6.07, 6.45) is 2.92. The van der Waals surface area contributed by atoms with E-state index in [2.05, 4.69) is 10.6 Å². The van der Waals surface area contributed by atoms with Crippen molar-refractivity contribution in [3.8, 4) is 5.69 Å². The van der Waals surface area contributed by atoms with E-state index in [-0.39, 0.29) is 0 Å². The summed E-state index contributed by atoms with van der Waals surface area (Å²) in [4.78, 5) is 0. The van der Waals surface area contributed by atoms with Crippen LogP contribution in [0.2, 0.25) is 5.02 Å². The van der Waals surface area contributed by atoms with Crippen molar-refractivity contribution in [1.82, 2.24) is 4.57 Å². The third-order valence-corrected chi connectivity index (χ3v) is 2.59. The first-order valence-corrected chi connectivity index (χ1v) is 5.31. The highest BCUT2D eigenvalue weighted by atomic mass is 35.5. The second-order valence-corrected chi connectivity index (χ2v) is 3.82. The van der Waals surface area contributed by atoms with Crippen molar-refractivity contribution in [3.05, 3.63) is 53.3 Å². The van der Waals surface area contributed by atoms with Gasteiger partial charge in [-0.3, -0.25) is 0 Å². The normalized spacial score (nSPS) is 10.5. The van der Waals surface area contributed by atoms with Crippen LogP contribution in [0.4, 0.5) is 0 Å². The molecule has 0 saturated carbocycles. The summed E-state index contributed by atoms with van der Waals surface area (Å²) in [5.74, 6) is 0. The lowest BCUT2D eigenvalue weighted by molar-refractivity contribution is 0.874. The number of nitrogens with zero attached hydrogens (tertiary/aromatic N) is 1. The molecular weight excluding hydrogens is 208 g/mol. The van der Waals surface area contributed by atoms with Crippen LogP contribution in [-0.2, 0) is 6.42 Å². The standard InChI is InChI=1S/C12H13ClN2/c13-10-3-5-12(6-4-10)15-9-1-2-11(15)7-8-14/h1-6,9H,7-8,14H2. The quantitative estimate of drug-likeness (QED) is 0.847. The van der Waals surface area contributed by atoms with E-state index >= 15 is 0 Å². The molecule has 2 nitrogen and oxygen atoms in total. The van der Waals surface area contributed by atoms with Crippen molar-refractivity contribution < 1.29 is 0 Å². The maximum absolute atomic E-state index is 5.84. The van der Waals surface area contributed by atoms with Gasteiger partial charge in [-0.15, -0.1) is 0 Å². The summed E-state index contributed by atoms with van der Waals surface area (Å²) in [7, 11) is 0. The number of aromatic nitrogens is 1. The molecule has 0 aliphatic carbocycles. The molecule has 0 bridgehead atoms. The van der Waals surface area contributed by atoms with Gasteiger partial charge < -0.3 is 10.3 Å². The van der Waals surface area contributed by atoms with Crippen LogP contribution in [0.15, 0.2) is 42.6 Å². The molecule has 0 spiro atoms. The lowest BCUT2D eigenvalue weighted by Crippen LogP contribution is -2.07. The third kappa shape index (κ3) is 2.22. The molecule has 0 radical (unpaired) electrons. The van der Waals surface area contributed by atoms with E-state index in [1.54, 1.807) is 0 Å². The van der Waals surface area contributed by atoms with E-state index in [9.17, 15) is 0 Å².